The molecule has 2 rings (SSSR count). The first-order chi connectivity index (χ1) is 9.02. The predicted octanol–water partition coefficient (Wildman–Crippen LogP) is 1.78. The van der Waals surface area contributed by atoms with Gasteiger partial charge in [0.2, 0.25) is 0 Å². The highest BCUT2D eigenvalue weighted by molar-refractivity contribution is 6.34. The van der Waals surface area contributed by atoms with Crippen LogP contribution in [0, 0.1) is 0 Å². The Hall–Kier alpha value is -1.59. The number of hydrogen-bond donors (Lipinski definition) is 0. The molecule has 0 aliphatic rings. The summed E-state index contributed by atoms with van der Waals surface area (Å²) in [4.78, 5) is 27.7. The third-order valence-corrected chi connectivity index (χ3v) is 3.26. The zero-order chi connectivity index (χ0) is 14.0. The Morgan fingerprint density at radius 3 is 2.68 bits per heavy atom. The molecule has 7 heteroatoms. The summed E-state index contributed by atoms with van der Waals surface area (Å²) in [5.41, 5.74) is -0.180. The van der Waals surface area contributed by atoms with E-state index >= 15 is 0 Å². The molecule has 0 aliphatic carbocycles. The molecule has 0 unspecified atom stereocenters. The van der Waals surface area contributed by atoms with E-state index in [0.717, 1.165) is 4.57 Å². The SMILES string of the molecule is CCn1ccc(=O)n(Cc2cnc(Cl)cc2Cl)c1=O. The Labute approximate surface area is 119 Å². The van der Waals surface area contributed by atoms with Gasteiger partial charge in [0.25, 0.3) is 5.56 Å². The van der Waals surface area contributed by atoms with E-state index in [9.17, 15) is 9.59 Å². The van der Waals surface area contributed by atoms with Crippen molar-refractivity contribution in [1.82, 2.24) is 14.1 Å². The molecular formula is C12H11Cl2N3O2. The van der Waals surface area contributed by atoms with Crippen LogP contribution in [-0.2, 0) is 13.1 Å². The van der Waals surface area contributed by atoms with E-state index < -0.39 is 0 Å². The van der Waals surface area contributed by atoms with E-state index in [0.29, 0.717) is 17.1 Å². The Kier molecular flexibility index (Phi) is 4.07. The van der Waals surface area contributed by atoms with Crippen molar-refractivity contribution in [2.75, 3.05) is 0 Å². The van der Waals surface area contributed by atoms with Crippen LogP contribution in [0.3, 0.4) is 0 Å². The molecule has 0 N–H and O–H groups in total. The number of halogens is 2. The van der Waals surface area contributed by atoms with Gasteiger partial charge in [0.15, 0.2) is 0 Å². The van der Waals surface area contributed by atoms with Gasteiger partial charge in [0.1, 0.15) is 5.15 Å². The second kappa shape index (κ2) is 5.59. The van der Waals surface area contributed by atoms with Crippen molar-refractivity contribution >= 4 is 23.2 Å². The Morgan fingerprint density at radius 2 is 2.05 bits per heavy atom. The van der Waals surface area contributed by atoms with E-state index in [1.807, 2.05) is 6.92 Å². The molecule has 100 valence electrons. The first kappa shape index (κ1) is 13.8. The maximum absolute atomic E-state index is 12.0. The van der Waals surface area contributed by atoms with Gasteiger partial charge >= 0.3 is 5.69 Å². The van der Waals surface area contributed by atoms with Crippen molar-refractivity contribution in [3.05, 3.63) is 61.1 Å². The highest BCUT2D eigenvalue weighted by atomic mass is 35.5. The van der Waals surface area contributed by atoms with Crippen LogP contribution in [0.5, 0.6) is 0 Å². The Bertz CT molecular complexity index is 722. The smallest absolute Gasteiger partial charge is 0.301 e. The van der Waals surface area contributed by atoms with Crippen molar-refractivity contribution in [3.63, 3.8) is 0 Å². The van der Waals surface area contributed by atoms with Crippen LogP contribution < -0.4 is 11.2 Å². The topological polar surface area (TPSA) is 56.9 Å². The Morgan fingerprint density at radius 1 is 1.32 bits per heavy atom. The van der Waals surface area contributed by atoms with E-state index in [-0.39, 0.29) is 22.9 Å². The van der Waals surface area contributed by atoms with E-state index in [2.05, 4.69) is 4.98 Å². The number of hydrogen-bond acceptors (Lipinski definition) is 3. The lowest BCUT2D eigenvalue weighted by Crippen LogP contribution is -2.39. The molecule has 0 fully saturated rings. The van der Waals surface area contributed by atoms with Crippen LogP contribution in [0.15, 0.2) is 34.1 Å². The van der Waals surface area contributed by atoms with Crippen LogP contribution in [0.25, 0.3) is 0 Å². The van der Waals surface area contributed by atoms with Crippen molar-refractivity contribution in [3.8, 4) is 0 Å². The van der Waals surface area contributed by atoms with Gasteiger partial charge in [-0.2, -0.15) is 0 Å². The fourth-order valence-corrected chi connectivity index (χ4v) is 2.09. The summed E-state index contributed by atoms with van der Waals surface area (Å²) in [7, 11) is 0. The summed E-state index contributed by atoms with van der Waals surface area (Å²) in [6.45, 7) is 2.39. The second-order valence-corrected chi connectivity index (χ2v) is 4.70. The van der Waals surface area contributed by atoms with Gasteiger partial charge in [-0.1, -0.05) is 23.2 Å². The number of rotatable bonds is 3. The quantitative estimate of drug-likeness (QED) is 0.812. The molecule has 0 atom stereocenters. The van der Waals surface area contributed by atoms with Crippen molar-refractivity contribution in [1.29, 1.82) is 0 Å². The highest BCUT2D eigenvalue weighted by Crippen LogP contribution is 2.18. The van der Waals surface area contributed by atoms with Gasteiger partial charge in [0.05, 0.1) is 11.6 Å². The predicted molar refractivity (Wildman–Crippen MR) is 74.0 cm³/mol. The molecule has 2 aromatic rings. The molecule has 0 saturated heterocycles. The molecule has 19 heavy (non-hydrogen) atoms. The third kappa shape index (κ3) is 2.88. The fraction of sp³-hybridized carbons (Fsp3) is 0.250. The Balaban J connectivity index is 2.49. The zero-order valence-corrected chi connectivity index (χ0v) is 11.6. The standard InChI is InChI=1S/C12H11Cl2N3O2/c1-2-16-4-3-11(18)17(12(16)19)7-8-6-15-10(14)5-9(8)13/h3-6H,2,7H2,1H3. The summed E-state index contributed by atoms with van der Waals surface area (Å²) in [5, 5.41) is 0.637. The minimum absolute atomic E-state index is 0.0709. The van der Waals surface area contributed by atoms with Crippen LogP contribution >= 0.6 is 23.2 Å². The molecule has 0 aromatic carbocycles. The van der Waals surface area contributed by atoms with Crippen molar-refractivity contribution < 1.29 is 0 Å². The summed E-state index contributed by atoms with van der Waals surface area (Å²) < 4.78 is 2.55. The van der Waals surface area contributed by atoms with Gasteiger partial charge < -0.3 is 4.57 Å². The molecule has 5 nitrogen and oxygen atoms in total. The molecule has 0 spiro atoms. The van der Waals surface area contributed by atoms with E-state index in [1.165, 1.54) is 29.1 Å². The zero-order valence-electron chi connectivity index (χ0n) is 10.1. The van der Waals surface area contributed by atoms with Crippen molar-refractivity contribution in [2.24, 2.45) is 0 Å². The van der Waals surface area contributed by atoms with Gasteiger partial charge in [-0.05, 0) is 13.0 Å². The fourth-order valence-electron chi connectivity index (χ4n) is 1.67. The normalized spacial score (nSPS) is 10.7. The molecule has 2 aromatic heterocycles. The summed E-state index contributed by atoms with van der Waals surface area (Å²) >= 11 is 11.7. The van der Waals surface area contributed by atoms with Gasteiger partial charge in [-0.3, -0.25) is 9.36 Å². The van der Waals surface area contributed by atoms with E-state index in [4.69, 9.17) is 23.2 Å². The molecule has 0 bridgehead atoms. The summed E-state index contributed by atoms with van der Waals surface area (Å²) in [6, 6.07) is 2.83. The molecule has 0 radical (unpaired) electrons. The first-order valence-corrected chi connectivity index (χ1v) is 6.38. The highest BCUT2D eigenvalue weighted by Gasteiger charge is 2.08. The lowest BCUT2D eigenvalue weighted by Gasteiger charge is -2.09. The maximum Gasteiger partial charge on any atom is 0.331 e. The monoisotopic (exact) mass is 299 g/mol. The van der Waals surface area contributed by atoms with Gasteiger partial charge in [-0.25, -0.2) is 9.78 Å². The minimum atomic E-state index is -0.374. The molecule has 0 amide bonds. The first-order valence-electron chi connectivity index (χ1n) is 5.63. The molecular weight excluding hydrogens is 289 g/mol. The maximum atomic E-state index is 12.0. The lowest BCUT2D eigenvalue weighted by atomic mass is 10.3. The summed E-state index contributed by atoms with van der Waals surface area (Å²) in [6.07, 6.45) is 2.93. The molecule has 0 saturated carbocycles. The average Bonchev–Trinajstić information content (AvgIpc) is 2.37. The largest absolute Gasteiger partial charge is 0.331 e. The minimum Gasteiger partial charge on any atom is -0.301 e. The van der Waals surface area contributed by atoms with Crippen LogP contribution in [0.1, 0.15) is 12.5 Å². The van der Waals surface area contributed by atoms with Gasteiger partial charge in [-0.15, -0.1) is 0 Å². The number of nitrogens with zero attached hydrogens (tertiary/aromatic N) is 3. The van der Waals surface area contributed by atoms with Crippen LogP contribution in [0.4, 0.5) is 0 Å². The third-order valence-electron chi connectivity index (χ3n) is 2.71. The van der Waals surface area contributed by atoms with E-state index in [1.54, 1.807) is 0 Å². The number of aromatic nitrogens is 3. The van der Waals surface area contributed by atoms with Crippen molar-refractivity contribution in [2.45, 2.75) is 20.0 Å². The number of aryl methyl sites for hydroxylation is 1. The lowest BCUT2D eigenvalue weighted by molar-refractivity contribution is 0.599. The molecule has 0 aliphatic heterocycles. The van der Waals surface area contributed by atoms with Crippen LogP contribution in [0.2, 0.25) is 10.2 Å². The average molecular weight is 300 g/mol. The summed E-state index contributed by atoms with van der Waals surface area (Å²) in [5.74, 6) is 0. The van der Waals surface area contributed by atoms with Gasteiger partial charge in [0, 0.05) is 30.6 Å². The van der Waals surface area contributed by atoms with Crippen LogP contribution in [-0.4, -0.2) is 14.1 Å². The number of pyridine rings is 1. The second-order valence-electron chi connectivity index (χ2n) is 3.91. The molecule has 2 heterocycles.